The van der Waals surface area contributed by atoms with Crippen molar-refractivity contribution in [1.29, 1.82) is 0 Å². The average Bonchev–Trinajstić information content (AvgIpc) is 2.73. The lowest BCUT2D eigenvalue weighted by molar-refractivity contribution is 0.0950. The highest BCUT2D eigenvalue weighted by Crippen LogP contribution is 2.27. The van der Waals surface area contributed by atoms with Crippen LogP contribution in [0.2, 0.25) is 0 Å². The van der Waals surface area contributed by atoms with Crippen LogP contribution in [0.5, 0.6) is 11.5 Å². The molecule has 0 saturated carbocycles. The van der Waals surface area contributed by atoms with Crippen LogP contribution < -0.4 is 15.8 Å². The van der Waals surface area contributed by atoms with Gasteiger partial charge in [-0.25, -0.2) is 4.98 Å². The maximum absolute atomic E-state index is 12.6. The van der Waals surface area contributed by atoms with Crippen molar-refractivity contribution >= 4 is 5.91 Å². The highest BCUT2D eigenvalue weighted by atomic mass is 16.5. The first-order valence-electron chi connectivity index (χ1n) is 8.77. The standard InChI is InChI=1S/C22H20N4O2/c1-16-20(22(27)26-15-17-7-11-24-12-8-17)5-2-6-21(16)28-19-9-13-25-18(14-19)4-3-10-23/h2,5-9,11-14H,10,15,23H2,1H3,(H,26,27). The van der Waals surface area contributed by atoms with Crippen LogP contribution in [-0.4, -0.2) is 22.4 Å². The third kappa shape index (κ3) is 4.93. The zero-order chi connectivity index (χ0) is 19.8. The van der Waals surface area contributed by atoms with Gasteiger partial charge in [-0.05, 0) is 48.7 Å². The molecule has 0 aliphatic rings. The van der Waals surface area contributed by atoms with E-state index < -0.39 is 0 Å². The number of rotatable bonds is 5. The van der Waals surface area contributed by atoms with Crippen LogP contribution in [0.3, 0.4) is 0 Å². The molecule has 1 amide bonds. The molecule has 0 unspecified atom stereocenters. The van der Waals surface area contributed by atoms with E-state index in [1.165, 1.54) is 0 Å². The number of benzene rings is 1. The molecule has 140 valence electrons. The number of nitrogens with zero attached hydrogens (tertiary/aromatic N) is 2. The molecule has 3 rings (SSSR count). The SMILES string of the molecule is Cc1c(Oc2ccnc(C#CCN)c2)cccc1C(=O)NCc1ccncc1. The number of aromatic nitrogens is 2. The summed E-state index contributed by atoms with van der Waals surface area (Å²) < 4.78 is 5.96. The number of ether oxygens (including phenoxy) is 1. The Morgan fingerprint density at radius 1 is 1.18 bits per heavy atom. The molecular weight excluding hydrogens is 352 g/mol. The molecule has 0 bridgehead atoms. The van der Waals surface area contributed by atoms with E-state index in [1.807, 2.05) is 25.1 Å². The van der Waals surface area contributed by atoms with Crippen LogP contribution in [0.1, 0.15) is 27.2 Å². The van der Waals surface area contributed by atoms with Gasteiger partial charge in [0.15, 0.2) is 0 Å². The van der Waals surface area contributed by atoms with Crippen molar-refractivity contribution in [2.75, 3.05) is 6.54 Å². The fourth-order valence-electron chi connectivity index (χ4n) is 2.56. The van der Waals surface area contributed by atoms with Crippen LogP contribution in [0.4, 0.5) is 0 Å². The summed E-state index contributed by atoms with van der Waals surface area (Å²) in [4.78, 5) is 20.7. The van der Waals surface area contributed by atoms with Gasteiger partial charge in [0.05, 0.1) is 6.54 Å². The molecule has 0 fully saturated rings. The summed E-state index contributed by atoms with van der Waals surface area (Å²) in [7, 11) is 0. The highest BCUT2D eigenvalue weighted by Gasteiger charge is 2.13. The van der Waals surface area contributed by atoms with Gasteiger partial charge in [0.2, 0.25) is 0 Å². The summed E-state index contributed by atoms with van der Waals surface area (Å²) in [5, 5.41) is 2.92. The minimum absolute atomic E-state index is 0.163. The van der Waals surface area contributed by atoms with Crippen molar-refractivity contribution in [1.82, 2.24) is 15.3 Å². The van der Waals surface area contributed by atoms with Crippen LogP contribution in [0.25, 0.3) is 0 Å². The number of hydrogen-bond acceptors (Lipinski definition) is 5. The van der Waals surface area contributed by atoms with Gasteiger partial charge in [0, 0.05) is 42.3 Å². The van der Waals surface area contributed by atoms with Crippen molar-refractivity contribution in [2.45, 2.75) is 13.5 Å². The van der Waals surface area contributed by atoms with E-state index in [0.717, 1.165) is 11.1 Å². The maximum Gasteiger partial charge on any atom is 0.251 e. The monoisotopic (exact) mass is 372 g/mol. The van der Waals surface area contributed by atoms with E-state index in [9.17, 15) is 4.79 Å². The van der Waals surface area contributed by atoms with E-state index in [4.69, 9.17) is 10.5 Å². The first-order valence-corrected chi connectivity index (χ1v) is 8.77. The zero-order valence-corrected chi connectivity index (χ0v) is 15.5. The highest BCUT2D eigenvalue weighted by molar-refractivity contribution is 5.96. The van der Waals surface area contributed by atoms with Gasteiger partial charge in [0.1, 0.15) is 17.2 Å². The fourth-order valence-corrected chi connectivity index (χ4v) is 2.56. The van der Waals surface area contributed by atoms with E-state index in [2.05, 4.69) is 27.1 Å². The molecular formula is C22H20N4O2. The number of carbonyl (C=O) groups excluding carboxylic acids is 1. The number of nitrogens with one attached hydrogen (secondary N) is 1. The molecule has 3 N–H and O–H groups in total. The Hall–Kier alpha value is -3.69. The Labute approximate surface area is 163 Å². The van der Waals surface area contributed by atoms with Gasteiger partial charge in [-0.1, -0.05) is 12.0 Å². The predicted molar refractivity (Wildman–Crippen MR) is 107 cm³/mol. The first-order chi connectivity index (χ1) is 13.7. The number of hydrogen-bond donors (Lipinski definition) is 2. The Morgan fingerprint density at radius 3 is 2.79 bits per heavy atom. The Morgan fingerprint density at radius 2 is 2.00 bits per heavy atom. The van der Waals surface area contributed by atoms with E-state index in [1.54, 1.807) is 42.9 Å². The number of amides is 1. The number of pyridine rings is 2. The van der Waals surface area contributed by atoms with Gasteiger partial charge in [-0.2, -0.15) is 0 Å². The van der Waals surface area contributed by atoms with Crippen LogP contribution in [0, 0.1) is 18.8 Å². The summed E-state index contributed by atoms with van der Waals surface area (Å²) in [5.74, 6) is 6.66. The summed E-state index contributed by atoms with van der Waals surface area (Å²) in [6.07, 6.45) is 5.01. The fraction of sp³-hybridized carbons (Fsp3) is 0.136. The smallest absolute Gasteiger partial charge is 0.251 e. The van der Waals surface area contributed by atoms with E-state index in [0.29, 0.717) is 29.3 Å². The lowest BCUT2D eigenvalue weighted by Gasteiger charge is -2.13. The van der Waals surface area contributed by atoms with Crippen LogP contribution in [0.15, 0.2) is 61.1 Å². The predicted octanol–water partition coefficient (Wildman–Crippen LogP) is 2.82. The van der Waals surface area contributed by atoms with Gasteiger partial charge >= 0.3 is 0 Å². The van der Waals surface area contributed by atoms with Gasteiger partial charge < -0.3 is 15.8 Å². The second kappa shape index (κ2) is 9.31. The van der Waals surface area contributed by atoms with E-state index >= 15 is 0 Å². The number of carbonyl (C=O) groups is 1. The van der Waals surface area contributed by atoms with Crippen molar-refractivity contribution in [3.8, 4) is 23.3 Å². The van der Waals surface area contributed by atoms with Gasteiger partial charge in [-0.15, -0.1) is 0 Å². The molecule has 2 aromatic heterocycles. The molecule has 0 spiro atoms. The second-order valence-electron chi connectivity index (χ2n) is 5.95. The van der Waals surface area contributed by atoms with Crippen LogP contribution >= 0.6 is 0 Å². The molecule has 0 aliphatic heterocycles. The molecule has 1 aromatic carbocycles. The van der Waals surface area contributed by atoms with Crippen LogP contribution in [-0.2, 0) is 6.54 Å². The Bertz CT molecular complexity index is 1020. The van der Waals surface area contributed by atoms with Crippen molar-refractivity contribution in [3.63, 3.8) is 0 Å². The average molecular weight is 372 g/mol. The largest absolute Gasteiger partial charge is 0.457 e. The molecule has 0 radical (unpaired) electrons. The summed E-state index contributed by atoms with van der Waals surface area (Å²) in [6, 6.07) is 12.6. The minimum Gasteiger partial charge on any atom is -0.457 e. The van der Waals surface area contributed by atoms with Crippen molar-refractivity contribution < 1.29 is 9.53 Å². The summed E-state index contributed by atoms with van der Waals surface area (Å²) in [6.45, 7) is 2.55. The van der Waals surface area contributed by atoms with Gasteiger partial charge in [0.25, 0.3) is 5.91 Å². The number of nitrogens with two attached hydrogens (primary N) is 1. The Kier molecular flexibility index (Phi) is 6.34. The normalized spacial score (nSPS) is 9.93. The lowest BCUT2D eigenvalue weighted by atomic mass is 10.1. The van der Waals surface area contributed by atoms with Gasteiger partial charge in [-0.3, -0.25) is 9.78 Å². The molecule has 0 saturated heterocycles. The molecule has 6 nitrogen and oxygen atoms in total. The summed E-state index contributed by atoms with van der Waals surface area (Å²) >= 11 is 0. The van der Waals surface area contributed by atoms with E-state index in [-0.39, 0.29) is 12.5 Å². The molecule has 3 aromatic rings. The molecule has 28 heavy (non-hydrogen) atoms. The van der Waals surface area contributed by atoms with Crippen molar-refractivity contribution in [3.05, 3.63) is 83.4 Å². The molecule has 0 aliphatic carbocycles. The third-order valence-corrected chi connectivity index (χ3v) is 4.01. The maximum atomic E-state index is 12.6. The quantitative estimate of drug-likeness (QED) is 0.672. The minimum atomic E-state index is -0.163. The molecule has 6 heteroatoms. The molecule has 0 atom stereocenters. The first kappa shape index (κ1) is 19.1. The summed E-state index contributed by atoms with van der Waals surface area (Å²) in [5.41, 5.74) is 8.26. The lowest BCUT2D eigenvalue weighted by Crippen LogP contribution is -2.23. The Balaban J connectivity index is 1.74. The topological polar surface area (TPSA) is 90.1 Å². The third-order valence-electron chi connectivity index (χ3n) is 4.01. The second-order valence-corrected chi connectivity index (χ2v) is 5.95. The zero-order valence-electron chi connectivity index (χ0n) is 15.5. The molecule has 2 heterocycles. The van der Waals surface area contributed by atoms with Crippen molar-refractivity contribution in [2.24, 2.45) is 5.73 Å².